The molecule has 0 atom stereocenters. The Hall–Kier alpha value is -3.98. The number of carbonyl (C=O) groups excluding carboxylic acids is 2. The maximum absolute atomic E-state index is 12.3. The SMILES string of the molecule is Cc1ccc(C(OCCSCCOc2ccc(CCC(=O)C(F)(F)F)cc2)c2ccc(C)cc2)cc1.O=C(CCc1ccc(OCCSCCO)cc1)C(F)(F)F. The fourth-order valence-corrected chi connectivity index (χ4v) is 6.26. The van der Waals surface area contributed by atoms with Crippen molar-refractivity contribution in [2.45, 2.75) is 58.0 Å². The first-order valence-electron chi connectivity index (χ1n) is 18.3. The van der Waals surface area contributed by atoms with Crippen LogP contribution >= 0.6 is 23.5 Å². The lowest BCUT2D eigenvalue weighted by molar-refractivity contribution is -0.171. The molecule has 0 radical (unpaired) electrons. The maximum atomic E-state index is 12.3. The molecular formula is C43H48F6O6S2. The van der Waals surface area contributed by atoms with Gasteiger partial charge < -0.3 is 19.3 Å². The number of halogens is 6. The van der Waals surface area contributed by atoms with Gasteiger partial charge in [-0.2, -0.15) is 49.9 Å². The number of aliphatic hydroxyl groups is 1. The molecule has 0 saturated heterocycles. The van der Waals surface area contributed by atoms with Crippen molar-refractivity contribution >= 4 is 35.1 Å². The Kier molecular flexibility index (Phi) is 20.6. The molecule has 4 rings (SSSR count). The fourth-order valence-electron chi connectivity index (χ4n) is 5.10. The summed E-state index contributed by atoms with van der Waals surface area (Å²) in [5, 5.41) is 8.60. The predicted molar refractivity (Wildman–Crippen MR) is 215 cm³/mol. The Bertz CT molecular complexity index is 1700. The molecule has 0 unspecified atom stereocenters. The van der Waals surface area contributed by atoms with Crippen LogP contribution < -0.4 is 9.47 Å². The van der Waals surface area contributed by atoms with Gasteiger partial charge in [0, 0.05) is 35.9 Å². The van der Waals surface area contributed by atoms with Gasteiger partial charge in [0.2, 0.25) is 11.6 Å². The molecule has 0 fully saturated rings. The van der Waals surface area contributed by atoms with Crippen LogP contribution in [0.2, 0.25) is 0 Å². The van der Waals surface area contributed by atoms with E-state index in [2.05, 4.69) is 62.4 Å². The van der Waals surface area contributed by atoms with Crippen molar-refractivity contribution in [1.29, 1.82) is 0 Å². The van der Waals surface area contributed by atoms with Crippen molar-refractivity contribution in [3.8, 4) is 11.5 Å². The summed E-state index contributed by atoms with van der Waals surface area (Å²) in [5.74, 6) is 0.894. The lowest BCUT2D eigenvalue weighted by atomic mass is 9.99. The van der Waals surface area contributed by atoms with E-state index in [-0.39, 0.29) is 25.6 Å². The van der Waals surface area contributed by atoms with Crippen molar-refractivity contribution < 1.29 is 55.2 Å². The second kappa shape index (κ2) is 24.7. The first-order valence-corrected chi connectivity index (χ1v) is 20.6. The van der Waals surface area contributed by atoms with Crippen molar-refractivity contribution in [2.75, 3.05) is 49.4 Å². The van der Waals surface area contributed by atoms with Gasteiger partial charge in [-0.05, 0) is 73.2 Å². The number of aryl methyl sites for hydroxylation is 4. The summed E-state index contributed by atoms with van der Waals surface area (Å²) >= 11 is 3.30. The number of ether oxygens (including phenoxy) is 3. The number of hydrogen-bond acceptors (Lipinski definition) is 8. The minimum atomic E-state index is -4.77. The number of carbonyl (C=O) groups is 2. The zero-order chi connectivity index (χ0) is 41.7. The monoisotopic (exact) mass is 838 g/mol. The van der Waals surface area contributed by atoms with Crippen LogP contribution in [0.25, 0.3) is 0 Å². The fraction of sp³-hybridized carbons (Fsp3) is 0.395. The summed E-state index contributed by atoms with van der Waals surface area (Å²) in [7, 11) is 0. The zero-order valence-corrected chi connectivity index (χ0v) is 33.5. The van der Waals surface area contributed by atoms with E-state index in [4.69, 9.17) is 19.3 Å². The standard InChI is InChI=1S/C29H31F3O3S.C14H17F3O3S/c1-21-3-10-24(11-4-21)28(25-12-5-22(2)6-13-25)35-18-20-36-19-17-34-26-14-7-23(8-15-26)9-16-27(33)29(30,31)32;15-14(16,17)13(19)6-3-11-1-4-12(5-2-11)20-8-10-21-9-7-18/h3-8,10-15,28H,9,16-20H2,1-2H3;1-2,4-5,18H,3,6-10H2. The number of hydrogen-bond donors (Lipinski definition) is 1. The van der Waals surface area contributed by atoms with Crippen molar-refractivity contribution in [3.63, 3.8) is 0 Å². The van der Waals surface area contributed by atoms with Gasteiger partial charge in [0.05, 0.1) is 26.4 Å². The highest BCUT2D eigenvalue weighted by atomic mass is 32.2. The van der Waals surface area contributed by atoms with E-state index in [1.165, 1.54) is 11.1 Å². The quantitative estimate of drug-likeness (QED) is 0.0619. The van der Waals surface area contributed by atoms with Crippen LogP contribution in [0.1, 0.15) is 52.3 Å². The molecule has 0 aliphatic carbocycles. The van der Waals surface area contributed by atoms with Crippen LogP contribution in [0.15, 0.2) is 97.1 Å². The first-order chi connectivity index (χ1) is 27.2. The molecule has 0 spiro atoms. The molecule has 57 heavy (non-hydrogen) atoms. The van der Waals surface area contributed by atoms with Crippen LogP contribution in [0.3, 0.4) is 0 Å². The molecule has 0 amide bonds. The van der Waals surface area contributed by atoms with Gasteiger partial charge in [-0.15, -0.1) is 0 Å². The molecule has 0 aliphatic heterocycles. The number of thioether (sulfide) groups is 2. The van der Waals surface area contributed by atoms with Crippen LogP contribution in [-0.4, -0.2) is 78.5 Å². The van der Waals surface area contributed by atoms with Gasteiger partial charge >= 0.3 is 12.4 Å². The second-order valence-corrected chi connectivity index (χ2v) is 15.3. The van der Waals surface area contributed by atoms with E-state index < -0.39 is 36.8 Å². The third-order valence-electron chi connectivity index (χ3n) is 8.26. The summed E-state index contributed by atoms with van der Waals surface area (Å²) in [6.45, 7) is 5.88. The number of ketones is 2. The minimum Gasteiger partial charge on any atom is -0.493 e. The molecular weight excluding hydrogens is 791 g/mol. The van der Waals surface area contributed by atoms with Crippen LogP contribution in [0.5, 0.6) is 11.5 Å². The Labute approximate surface area is 338 Å². The lowest BCUT2D eigenvalue weighted by Gasteiger charge is -2.19. The van der Waals surface area contributed by atoms with Crippen LogP contribution in [0.4, 0.5) is 26.3 Å². The van der Waals surface area contributed by atoms with E-state index >= 15 is 0 Å². The normalized spacial score (nSPS) is 11.5. The molecule has 4 aromatic carbocycles. The van der Waals surface area contributed by atoms with Gasteiger partial charge in [-0.3, -0.25) is 9.59 Å². The average Bonchev–Trinajstić information content (AvgIpc) is 3.18. The summed E-state index contributed by atoms with van der Waals surface area (Å²) in [5.41, 5.74) is 6.01. The van der Waals surface area contributed by atoms with E-state index in [9.17, 15) is 35.9 Å². The zero-order valence-electron chi connectivity index (χ0n) is 31.9. The summed E-state index contributed by atoms with van der Waals surface area (Å²) in [4.78, 5) is 21.8. The van der Waals surface area contributed by atoms with Crippen LogP contribution in [-0.2, 0) is 27.2 Å². The molecule has 0 heterocycles. The molecule has 0 aromatic heterocycles. The number of benzene rings is 4. The minimum absolute atomic E-state index is 0.0562. The van der Waals surface area contributed by atoms with E-state index in [1.54, 1.807) is 72.1 Å². The van der Waals surface area contributed by atoms with Crippen molar-refractivity contribution in [2.24, 2.45) is 0 Å². The molecule has 1 N–H and O–H groups in total. The molecule has 310 valence electrons. The topological polar surface area (TPSA) is 82.1 Å². The second-order valence-electron chi connectivity index (χ2n) is 12.8. The summed E-state index contributed by atoms with van der Waals surface area (Å²) in [6.07, 6.45) is -10.6. The lowest BCUT2D eigenvalue weighted by Crippen LogP contribution is -2.22. The molecule has 0 aliphatic rings. The third kappa shape index (κ3) is 18.9. The highest BCUT2D eigenvalue weighted by Crippen LogP contribution is 2.27. The smallest absolute Gasteiger partial charge is 0.449 e. The Morgan fingerprint density at radius 1 is 0.561 bits per heavy atom. The summed E-state index contributed by atoms with van der Waals surface area (Å²) < 4.78 is 90.5. The van der Waals surface area contributed by atoms with Crippen LogP contribution in [0, 0.1) is 13.8 Å². The maximum Gasteiger partial charge on any atom is 0.449 e. The molecule has 14 heteroatoms. The average molecular weight is 839 g/mol. The van der Waals surface area contributed by atoms with Gasteiger partial charge in [0.1, 0.15) is 17.6 Å². The van der Waals surface area contributed by atoms with Crippen molar-refractivity contribution in [1.82, 2.24) is 0 Å². The number of aliphatic hydroxyl groups excluding tert-OH is 1. The van der Waals surface area contributed by atoms with Crippen molar-refractivity contribution in [3.05, 3.63) is 130 Å². The summed E-state index contributed by atoms with van der Waals surface area (Å²) in [6, 6.07) is 30.3. The van der Waals surface area contributed by atoms with Gasteiger partial charge in [-0.1, -0.05) is 83.9 Å². The Morgan fingerprint density at radius 3 is 1.30 bits per heavy atom. The molecule has 6 nitrogen and oxygen atoms in total. The van der Waals surface area contributed by atoms with Gasteiger partial charge in [-0.25, -0.2) is 0 Å². The molecule has 4 aromatic rings. The van der Waals surface area contributed by atoms with E-state index in [0.29, 0.717) is 48.2 Å². The number of Topliss-reactive ketones (excluding diaryl/α,β-unsaturated/α-hetero) is 2. The highest BCUT2D eigenvalue weighted by molar-refractivity contribution is 7.99. The predicted octanol–water partition coefficient (Wildman–Crippen LogP) is 10.1. The molecule has 0 saturated carbocycles. The van der Waals surface area contributed by atoms with E-state index in [1.807, 2.05) is 0 Å². The van der Waals surface area contributed by atoms with Gasteiger partial charge in [0.15, 0.2) is 0 Å². The highest BCUT2D eigenvalue weighted by Gasteiger charge is 2.38. The Balaban J connectivity index is 0.000000353. The van der Waals surface area contributed by atoms with Gasteiger partial charge in [0.25, 0.3) is 0 Å². The number of alkyl halides is 6. The van der Waals surface area contributed by atoms with E-state index in [0.717, 1.165) is 28.4 Å². The Morgan fingerprint density at radius 2 is 0.930 bits per heavy atom. The largest absolute Gasteiger partial charge is 0.493 e. The first kappa shape index (κ1) is 47.4. The number of rotatable bonds is 22. The molecule has 0 bridgehead atoms. The third-order valence-corrected chi connectivity index (χ3v) is 10.1.